The van der Waals surface area contributed by atoms with Crippen LogP contribution in [-0.2, 0) is 7.05 Å². The van der Waals surface area contributed by atoms with Crippen LogP contribution in [0.1, 0.15) is 70.6 Å². The van der Waals surface area contributed by atoms with Crippen molar-refractivity contribution in [1.82, 2.24) is 14.8 Å². The van der Waals surface area contributed by atoms with E-state index in [2.05, 4.69) is 27.2 Å². The number of aromatic carboxylic acids is 1. The summed E-state index contributed by atoms with van der Waals surface area (Å²) in [4.78, 5) is 30.8. The topological polar surface area (TPSA) is 87.0 Å². The summed E-state index contributed by atoms with van der Waals surface area (Å²) in [5, 5.41) is 12.9. The molecule has 216 valence electrons. The number of anilines is 1. The molecule has 2 aliphatic heterocycles. The Balaban J connectivity index is 1.20. The maximum atomic E-state index is 13.6. The van der Waals surface area contributed by atoms with Crippen molar-refractivity contribution in [3.8, 4) is 16.9 Å². The number of carbonyl (C=O) groups is 2. The maximum absolute atomic E-state index is 13.6. The number of benzene rings is 2. The minimum atomic E-state index is -0.995. The predicted molar refractivity (Wildman–Crippen MR) is 160 cm³/mol. The number of hydrogen-bond acceptors (Lipinski definition) is 5. The molecule has 3 aromatic rings. The van der Waals surface area contributed by atoms with Gasteiger partial charge in [-0.1, -0.05) is 6.07 Å². The van der Waals surface area contributed by atoms with Gasteiger partial charge in [0, 0.05) is 61.8 Å². The fourth-order valence-corrected chi connectivity index (χ4v) is 6.68. The van der Waals surface area contributed by atoms with Gasteiger partial charge in [0.15, 0.2) is 0 Å². The van der Waals surface area contributed by atoms with Crippen LogP contribution in [0.15, 0.2) is 48.7 Å². The quantitative estimate of drug-likeness (QED) is 0.374. The Morgan fingerprint density at radius 3 is 2.44 bits per heavy atom. The molecular weight excluding hydrogens is 516 g/mol. The van der Waals surface area contributed by atoms with Gasteiger partial charge >= 0.3 is 5.97 Å². The van der Waals surface area contributed by atoms with Crippen LogP contribution in [0.3, 0.4) is 0 Å². The second-order valence-corrected chi connectivity index (χ2v) is 12.1. The molecule has 0 spiro atoms. The van der Waals surface area contributed by atoms with Gasteiger partial charge in [0.1, 0.15) is 11.4 Å². The van der Waals surface area contributed by atoms with E-state index in [4.69, 9.17) is 4.74 Å². The first kappa shape index (κ1) is 27.4. The van der Waals surface area contributed by atoms with Crippen molar-refractivity contribution in [1.29, 1.82) is 0 Å². The minimum Gasteiger partial charge on any atom is -0.497 e. The Labute approximate surface area is 241 Å². The van der Waals surface area contributed by atoms with E-state index < -0.39 is 5.97 Å². The van der Waals surface area contributed by atoms with E-state index in [1.807, 2.05) is 38.1 Å². The molecule has 1 aromatic heterocycles. The number of rotatable bonds is 9. The summed E-state index contributed by atoms with van der Waals surface area (Å²) < 4.78 is 7.14. The number of piperazine rings is 1. The summed E-state index contributed by atoms with van der Waals surface area (Å²) in [6, 6.07) is 14.6. The molecule has 2 aromatic carbocycles. The van der Waals surface area contributed by atoms with Crippen molar-refractivity contribution in [3.63, 3.8) is 0 Å². The Hall–Kier alpha value is -3.78. The second-order valence-electron chi connectivity index (χ2n) is 12.1. The van der Waals surface area contributed by atoms with Crippen molar-refractivity contribution in [2.45, 2.75) is 57.7 Å². The lowest BCUT2D eigenvalue weighted by Gasteiger charge is -2.42. The number of methoxy groups -OCH3 is 1. The highest BCUT2D eigenvalue weighted by molar-refractivity contribution is 5.97. The molecule has 2 saturated heterocycles. The van der Waals surface area contributed by atoms with Gasteiger partial charge < -0.3 is 24.6 Å². The standard InChI is InChI=1S/C33H40N4O4/c1-20-5-8-25(36-18-26-9-10-27(19-36)37(26)17-22-6-7-22)16-30(20)32(38)34-21(2)23-13-24(15-28(14-23)41-4)29-11-12-35(3)31(29)33(39)40/h5,8,11-16,21-22,26-27H,6-7,9-10,17-19H2,1-4H3,(H,34,38)(H,39,40)/t21-,26-,27+/m1/s1. The lowest BCUT2D eigenvalue weighted by molar-refractivity contribution is 0.0687. The summed E-state index contributed by atoms with van der Waals surface area (Å²) in [5.74, 6) is 0.398. The third-order valence-electron chi connectivity index (χ3n) is 9.23. The lowest BCUT2D eigenvalue weighted by Crippen LogP contribution is -2.54. The molecule has 0 radical (unpaired) electrons. The van der Waals surface area contributed by atoms with Crippen LogP contribution in [0.5, 0.6) is 5.75 Å². The molecule has 8 heteroatoms. The zero-order chi connectivity index (χ0) is 28.8. The molecule has 1 aliphatic carbocycles. The average Bonchev–Trinajstić information content (AvgIpc) is 3.64. The van der Waals surface area contributed by atoms with Gasteiger partial charge in [-0.15, -0.1) is 0 Å². The van der Waals surface area contributed by atoms with Gasteiger partial charge in [-0.3, -0.25) is 9.69 Å². The molecule has 6 rings (SSSR count). The Bertz CT molecular complexity index is 1460. The van der Waals surface area contributed by atoms with Crippen LogP contribution >= 0.6 is 0 Å². The van der Waals surface area contributed by atoms with Crippen LogP contribution in [0.4, 0.5) is 5.69 Å². The molecule has 41 heavy (non-hydrogen) atoms. The van der Waals surface area contributed by atoms with Crippen LogP contribution < -0.4 is 15.0 Å². The van der Waals surface area contributed by atoms with Gasteiger partial charge in [-0.05, 0) is 98.5 Å². The number of aromatic nitrogens is 1. The number of carboxylic acid groups (broad SMARTS) is 1. The second kappa shape index (κ2) is 10.9. The molecule has 3 aliphatic rings. The van der Waals surface area contributed by atoms with E-state index in [0.717, 1.165) is 41.4 Å². The number of nitrogens with one attached hydrogen (secondary N) is 1. The highest BCUT2D eigenvalue weighted by Crippen LogP contribution is 2.38. The molecule has 3 heterocycles. The first-order valence-corrected chi connectivity index (χ1v) is 14.7. The van der Waals surface area contributed by atoms with Crippen LogP contribution in [0, 0.1) is 12.8 Å². The number of carbonyl (C=O) groups excluding carboxylic acids is 1. The van der Waals surface area contributed by atoms with E-state index in [9.17, 15) is 14.7 Å². The van der Waals surface area contributed by atoms with Crippen LogP contribution in [-0.4, -0.2) is 65.3 Å². The third kappa shape index (κ3) is 5.45. The summed E-state index contributed by atoms with van der Waals surface area (Å²) in [6.07, 6.45) is 7.05. The number of nitrogens with zero attached hydrogens (tertiary/aromatic N) is 3. The molecule has 0 unspecified atom stereocenters. The Morgan fingerprint density at radius 2 is 1.78 bits per heavy atom. The van der Waals surface area contributed by atoms with Crippen molar-refractivity contribution < 1.29 is 19.4 Å². The maximum Gasteiger partial charge on any atom is 0.353 e. The smallest absolute Gasteiger partial charge is 0.353 e. The van der Waals surface area contributed by atoms with Crippen molar-refractivity contribution in [2.24, 2.45) is 13.0 Å². The predicted octanol–water partition coefficient (Wildman–Crippen LogP) is 5.26. The first-order chi connectivity index (χ1) is 19.7. The molecule has 3 fully saturated rings. The number of carboxylic acids is 1. The third-order valence-corrected chi connectivity index (χ3v) is 9.23. The lowest BCUT2D eigenvalue weighted by atomic mass is 9.98. The van der Waals surface area contributed by atoms with E-state index in [-0.39, 0.29) is 17.6 Å². The Kier molecular flexibility index (Phi) is 7.28. The monoisotopic (exact) mass is 556 g/mol. The number of hydrogen-bond donors (Lipinski definition) is 2. The molecule has 2 bridgehead atoms. The summed E-state index contributed by atoms with van der Waals surface area (Å²) in [6.45, 7) is 7.22. The fraction of sp³-hybridized carbons (Fsp3) is 0.455. The number of amides is 1. The summed E-state index contributed by atoms with van der Waals surface area (Å²) in [5.41, 5.74) is 5.11. The zero-order valence-electron chi connectivity index (χ0n) is 24.4. The van der Waals surface area contributed by atoms with E-state index >= 15 is 0 Å². The summed E-state index contributed by atoms with van der Waals surface area (Å²) >= 11 is 0. The number of aryl methyl sites for hydroxylation is 2. The molecular formula is C33H40N4O4. The summed E-state index contributed by atoms with van der Waals surface area (Å²) in [7, 11) is 3.30. The Morgan fingerprint density at radius 1 is 1.05 bits per heavy atom. The van der Waals surface area contributed by atoms with Crippen molar-refractivity contribution >= 4 is 17.6 Å². The van der Waals surface area contributed by atoms with Crippen molar-refractivity contribution in [3.05, 3.63) is 71.0 Å². The normalized spacial score (nSPS) is 21.1. The zero-order valence-corrected chi connectivity index (χ0v) is 24.4. The molecule has 3 atom stereocenters. The van der Waals surface area contributed by atoms with Gasteiger partial charge in [0.05, 0.1) is 13.2 Å². The van der Waals surface area contributed by atoms with Crippen LogP contribution in [0.2, 0.25) is 0 Å². The average molecular weight is 557 g/mol. The van der Waals surface area contributed by atoms with Gasteiger partial charge in [0.25, 0.3) is 5.91 Å². The molecule has 8 nitrogen and oxygen atoms in total. The van der Waals surface area contributed by atoms with Crippen LogP contribution in [0.25, 0.3) is 11.1 Å². The van der Waals surface area contributed by atoms with E-state index in [1.54, 1.807) is 31.0 Å². The highest BCUT2D eigenvalue weighted by atomic mass is 16.5. The van der Waals surface area contributed by atoms with Gasteiger partial charge in [0.2, 0.25) is 0 Å². The van der Waals surface area contributed by atoms with Crippen molar-refractivity contribution in [2.75, 3.05) is 31.6 Å². The number of ether oxygens (including phenoxy) is 1. The molecule has 2 N–H and O–H groups in total. The van der Waals surface area contributed by atoms with E-state index in [0.29, 0.717) is 29.0 Å². The largest absolute Gasteiger partial charge is 0.497 e. The highest BCUT2D eigenvalue weighted by Gasteiger charge is 2.42. The molecule has 1 amide bonds. The van der Waals surface area contributed by atoms with Gasteiger partial charge in [-0.25, -0.2) is 4.79 Å². The van der Waals surface area contributed by atoms with E-state index in [1.165, 1.54) is 32.2 Å². The first-order valence-electron chi connectivity index (χ1n) is 14.7. The minimum absolute atomic E-state index is 0.123. The fourth-order valence-electron chi connectivity index (χ4n) is 6.68. The van der Waals surface area contributed by atoms with Gasteiger partial charge in [-0.2, -0.15) is 0 Å². The SMILES string of the molecule is COc1cc(-c2ccn(C)c2C(=O)O)cc([C@@H](C)NC(=O)c2cc(N3C[C@H]4CC[C@@H](C3)N4CC3CC3)ccc2C)c1. The number of fused-ring (bicyclic) bond motifs is 2. The molecule has 1 saturated carbocycles.